The Bertz CT molecular complexity index is 1100. The minimum Gasteiger partial charge on any atom is -0.338 e. The number of rotatable bonds is 2. The third-order valence-electron chi connectivity index (χ3n) is 5.16. The van der Waals surface area contributed by atoms with E-state index in [9.17, 15) is 14.9 Å². The van der Waals surface area contributed by atoms with E-state index >= 15 is 0 Å². The third kappa shape index (κ3) is 3.80. The van der Waals surface area contributed by atoms with Gasteiger partial charge in [0.1, 0.15) is 17.5 Å². The molecular formula is C23H21N5O2. The Morgan fingerprint density at radius 3 is 2.33 bits per heavy atom. The zero-order chi connectivity index (χ0) is 21.1. The number of anilines is 1. The first-order chi connectivity index (χ1) is 14.6. The van der Waals surface area contributed by atoms with E-state index in [-0.39, 0.29) is 11.5 Å². The highest BCUT2D eigenvalue weighted by Crippen LogP contribution is 2.31. The Balaban J connectivity index is 1.63. The molecule has 7 heteroatoms. The number of aryl methyl sites for hydroxylation is 1. The van der Waals surface area contributed by atoms with Gasteiger partial charge in [0.25, 0.3) is 5.91 Å². The lowest BCUT2D eigenvalue weighted by Crippen LogP contribution is -2.34. The molecule has 2 N–H and O–H groups in total. The normalized spacial score (nSPS) is 16.4. The number of urea groups is 1. The van der Waals surface area contributed by atoms with E-state index in [2.05, 4.69) is 15.6 Å². The number of hydrogen-bond acceptors (Lipinski definition) is 4. The Morgan fingerprint density at radius 1 is 1.00 bits per heavy atom. The number of amidine groups is 1. The molecule has 1 fully saturated rings. The van der Waals surface area contributed by atoms with Crippen molar-refractivity contribution in [3.05, 3.63) is 70.8 Å². The Kier molecular flexibility index (Phi) is 5.31. The van der Waals surface area contributed by atoms with Crippen molar-refractivity contribution in [2.24, 2.45) is 4.99 Å². The van der Waals surface area contributed by atoms with Crippen LogP contribution in [0.1, 0.15) is 29.5 Å². The number of fused-ring (bicyclic) bond motifs is 1. The Labute approximate surface area is 174 Å². The van der Waals surface area contributed by atoms with Crippen LogP contribution in [0.3, 0.4) is 0 Å². The zero-order valence-corrected chi connectivity index (χ0v) is 16.6. The van der Waals surface area contributed by atoms with Crippen molar-refractivity contribution < 1.29 is 9.59 Å². The van der Waals surface area contributed by atoms with Gasteiger partial charge < -0.3 is 10.2 Å². The number of amides is 3. The molecule has 4 rings (SSSR count). The number of hydrogen-bond donors (Lipinski definition) is 2. The number of nitriles is 1. The molecule has 0 saturated carbocycles. The topological polar surface area (TPSA) is 97.6 Å². The average Bonchev–Trinajstić information content (AvgIpc) is 3.40. The maximum atomic E-state index is 12.8. The minimum atomic E-state index is -0.446. The van der Waals surface area contributed by atoms with Gasteiger partial charge in [0, 0.05) is 29.9 Å². The summed E-state index contributed by atoms with van der Waals surface area (Å²) in [5.41, 5.74) is 3.38. The fourth-order valence-electron chi connectivity index (χ4n) is 3.60. The molecule has 0 bridgehead atoms. The molecule has 7 nitrogen and oxygen atoms in total. The number of carbonyl (C=O) groups is 2. The van der Waals surface area contributed by atoms with E-state index in [0.29, 0.717) is 41.4 Å². The lowest BCUT2D eigenvalue weighted by atomic mass is 10.0. The van der Waals surface area contributed by atoms with Crippen LogP contribution in [-0.2, 0) is 4.79 Å². The van der Waals surface area contributed by atoms with Gasteiger partial charge in [-0.1, -0.05) is 42.0 Å². The van der Waals surface area contributed by atoms with E-state index in [1.54, 1.807) is 11.0 Å². The molecule has 2 heterocycles. The van der Waals surface area contributed by atoms with Gasteiger partial charge in [-0.2, -0.15) is 5.26 Å². The number of nitrogens with one attached hydrogen (secondary N) is 2. The molecule has 0 atom stereocenters. The van der Waals surface area contributed by atoms with Crippen molar-refractivity contribution in [2.75, 3.05) is 18.4 Å². The van der Waals surface area contributed by atoms with Crippen LogP contribution in [0.5, 0.6) is 0 Å². The van der Waals surface area contributed by atoms with Crippen LogP contribution in [0, 0.1) is 18.3 Å². The van der Waals surface area contributed by atoms with Crippen molar-refractivity contribution >= 4 is 29.2 Å². The maximum Gasteiger partial charge on any atom is 0.324 e. The van der Waals surface area contributed by atoms with E-state index < -0.39 is 6.03 Å². The van der Waals surface area contributed by atoms with Gasteiger partial charge in [-0.15, -0.1) is 0 Å². The van der Waals surface area contributed by atoms with Crippen molar-refractivity contribution in [3.63, 3.8) is 0 Å². The van der Waals surface area contributed by atoms with Gasteiger partial charge in [-0.25, -0.2) is 9.79 Å². The van der Waals surface area contributed by atoms with Crippen molar-refractivity contribution in [3.8, 4) is 6.07 Å². The first kappa shape index (κ1) is 19.4. The number of nitrogens with zero attached hydrogens (tertiary/aromatic N) is 3. The summed E-state index contributed by atoms with van der Waals surface area (Å²) in [7, 11) is 0. The van der Waals surface area contributed by atoms with Crippen LogP contribution in [0.2, 0.25) is 0 Å². The molecule has 3 amide bonds. The van der Waals surface area contributed by atoms with Crippen LogP contribution in [0.25, 0.3) is 5.70 Å². The van der Waals surface area contributed by atoms with Gasteiger partial charge in [-0.3, -0.25) is 10.1 Å². The smallest absolute Gasteiger partial charge is 0.324 e. The average molecular weight is 399 g/mol. The second-order valence-corrected chi connectivity index (χ2v) is 7.29. The summed E-state index contributed by atoms with van der Waals surface area (Å²) in [6, 6.07) is 16.3. The highest BCUT2D eigenvalue weighted by molar-refractivity contribution is 6.19. The molecular weight excluding hydrogens is 378 g/mol. The molecule has 0 aliphatic carbocycles. The number of benzene rings is 2. The van der Waals surface area contributed by atoms with Crippen LogP contribution in [-0.4, -0.2) is 35.8 Å². The summed E-state index contributed by atoms with van der Waals surface area (Å²) < 4.78 is 0. The highest BCUT2D eigenvalue weighted by atomic mass is 16.2. The molecule has 2 aliphatic heterocycles. The fourth-order valence-corrected chi connectivity index (χ4v) is 3.60. The van der Waals surface area contributed by atoms with Crippen LogP contribution in [0.15, 0.2) is 59.1 Å². The maximum absolute atomic E-state index is 12.8. The van der Waals surface area contributed by atoms with Gasteiger partial charge in [-0.05, 0) is 31.9 Å². The van der Waals surface area contributed by atoms with Crippen LogP contribution >= 0.6 is 0 Å². The van der Waals surface area contributed by atoms with E-state index in [1.165, 1.54) is 0 Å². The molecule has 0 radical (unpaired) electrons. The first-order valence-electron chi connectivity index (χ1n) is 9.83. The SMILES string of the molecule is Cc1ccc(NC(=O)NC2=NC(=C(C#N)C(=O)N3CCCC3)c3ccccc32)cc1. The standard InChI is InChI=1S/C23H21N5O2/c1-15-8-10-16(11-9-15)25-23(30)27-21-18-7-3-2-6-17(18)20(26-21)19(14-24)22(29)28-12-4-5-13-28/h2-3,6-11H,4-5,12-13H2,1H3,(H2,25,26,27,30). The summed E-state index contributed by atoms with van der Waals surface area (Å²) in [6.45, 7) is 3.26. The number of likely N-dealkylation sites (tertiary alicyclic amines) is 1. The molecule has 0 unspecified atom stereocenters. The van der Waals surface area contributed by atoms with Crippen LogP contribution in [0.4, 0.5) is 10.5 Å². The summed E-state index contributed by atoms with van der Waals surface area (Å²) in [5.74, 6) is 0.00101. The second-order valence-electron chi connectivity index (χ2n) is 7.29. The molecule has 2 aliphatic rings. The van der Waals surface area contributed by atoms with Gasteiger partial charge in [0.2, 0.25) is 0 Å². The Hall–Kier alpha value is -3.92. The molecule has 1 saturated heterocycles. The van der Waals surface area contributed by atoms with Gasteiger partial charge in [0.15, 0.2) is 0 Å². The first-order valence-corrected chi connectivity index (χ1v) is 9.83. The number of carbonyl (C=O) groups excluding carboxylic acids is 2. The highest BCUT2D eigenvalue weighted by Gasteiger charge is 2.30. The largest absolute Gasteiger partial charge is 0.338 e. The van der Waals surface area contributed by atoms with Gasteiger partial charge >= 0.3 is 6.03 Å². The lowest BCUT2D eigenvalue weighted by molar-refractivity contribution is -0.125. The van der Waals surface area contributed by atoms with E-state index in [4.69, 9.17) is 0 Å². The molecule has 0 aromatic heterocycles. The third-order valence-corrected chi connectivity index (χ3v) is 5.16. The fraction of sp³-hybridized carbons (Fsp3) is 0.217. The second kappa shape index (κ2) is 8.21. The summed E-state index contributed by atoms with van der Waals surface area (Å²) in [4.78, 5) is 31.5. The molecule has 0 spiro atoms. The van der Waals surface area contributed by atoms with Crippen molar-refractivity contribution in [2.45, 2.75) is 19.8 Å². The lowest BCUT2D eigenvalue weighted by Gasteiger charge is -2.15. The quantitative estimate of drug-likeness (QED) is 0.598. The van der Waals surface area contributed by atoms with Crippen molar-refractivity contribution in [1.82, 2.24) is 10.2 Å². The van der Waals surface area contributed by atoms with E-state index in [1.807, 2.05) is 55.5 Å². The predicted molar refractivity (Wildman–Crippen MR) is 115 cm³/mol. The van der Waals surface area contributed by atoms with E-state index in [0.717, 1.165) is 18.4 Å². The summed E-state index contributed by atoms with van der Waals surface area (Å²) in [5, 5.41) is 15.2. The zero-order valence-electron chi connectivity index (χ0n) is 16.6. The molecule has 30 heavy (non-hydrogen) atoms. The molecule has 2 aromatic rings. The number of aliphatic imine (C=N–C) groups is 1. The summed E-state index contributed by atoms with van der Waals surface area (Å²) in [6.07, 6.45) is 1.87. The minimum absolute atomic E-state index is 0.0000859. The van der Waals surface area contributed by atoms with Crippen molar-refractivity contribution in [1.29, 1.82) is 5.26 Å². The predicted octanol–water partition coefficient (Wildman–Crippen LogP) is 3.43. The van der Waals surface area contributed by atoms with Gasteiger partial charge in [0.05, 0.1) is 5.70 Å². The monoisotopic (exact) mass is 399 g/mol. The molecule has 150 valence electrons. The Morgan fingerprint density at radius 2 is 1.67 bits per heavy atom. The summed E-state index contributed by atoms with van der Waals surface area (Å²) >= 11 is 0. The molecule has 2 aromatic carbocycles. The van der Waals surface area contributed by atoms with Crippen LogP contribution < -0.4 is 10.6 Å².